The predicted octanol–water partition coefficient (Wildman–Crippen LogP) is 5.08. The van der Waals surface area contributed by atoms with Crippen molar-refractivity contribution in [1.82, 2.24) is 9.55 Å². The highest BCUT2D eigenvalue weighted by atomic mass is 32.1. The minimum Gasteiger partial charge on any atom is -0.507 e. The number of nitrogens with zero attached hydrogens (tertiary/aromatic N) is 3. The lowest BCUT2D eigenvalue weighted by molar-refractivity contribution is -0.384. The van der Waals surface area contributed by atoms with Crippen molar-refractivity contribution in [2.45, 2.75) is 32.2 Å². The van der Waals surface area contributed by atoms with Gasteiger partial charge in [-0.1, -0.05) is 24.3 Å². The molecule has 33 heavy (non-hydrogen) atoms. The van der Waals surface area contributed by atoms with Crippen molar-refractivity contribution < 1.29 is 10.0 Å². The first-order chi connectivity index (χ1) is 16.0. The van der Waals surface area contributed by atoms with E-state index in [4.69, 9.17) is 0 Å². The van der Waals surface area contributed by atoms with Crippen molar-refractivity contribution >= 4 is 38.6 Å². The molecule has 0 saturated carbocycles. The minimum atomic E-state index is -0.477. The molecule has 0 atom stereocenters. The summed E-state index contributed by atoms with van der Waals surface area (Å²) in [5, 5.41) is 23.1. The van der Waals surface area contributed by atoms with Gasteiger partial charge in [-0.2, -0.15) is 4.98 Å². The van der Waals surface area contributed by atoms with Crippen LogP contribution in [0.25, 0.3) is 21.5 Å². The Kier molecular flexibility index (Phi) is 4.45. The standard InChI is InChI=1S/C25H19N3O4S/c29-22(14-9-11-16(12-10-14)28(31)32)20-17-6-2-1-5-15(17)13-27-23(20)26-24(30)21-18-7-3-4-8-19(18)33-25(21)27/h1-2,5-6,9-12,29H,3-4,7-8,13H2/b22-20-. The summed E-state index contributed by atoms with van der Waals surface area (Å²) in [6, 6.07) is 13.5. The fourth-order valence-corrected chi connectivity index (χ4v) is 6.30. The Balaban J connectivity index is 1.65. The Morgan fingerprint density at radius 1 is 1.09 bits per heavy atom. The van der Waals surface area contributed by atoms with E-state index < -0.39 is 4.92 Å². The SMILES string of the molecule is O=c1nc2n(c3sc4c(c13)CCCC4)Cc1ccccc1/C2=C(/O)c1ccc([N+](=O)[O-])cc1. The first kappa shape index (κ1) is 19.9. The van der Waals surface area contributed by atoms with Crippen molar-refractivity contribution in [3.8, 4) is 0 Å². The Bertz CT molecular complexity index is 1550. The number of non-ortho nitro benzene ring substituents is 1. The molecule has 0 spiro atoms. The van der Waals surface area contributed by atoms with Gasteiger partial charge in [0.2, 0.25) is 0 Å². The second kappa shape index (κ2) is 7.38. The average molecular weight is 458 g/mol. The molecule has 1 aliphatic heterocycles. The van der Waals surface area contributed by atoms with Crippen molar-refractivity contribution in [2.24, 2.45) is 0 Å². The van der Waals surface area contributed by atoms with Crippen LogP contribution in [0.4, 0.5) is 5.69 Å². The summed E-state index contributed by atoms with van der Waals surface area (Å²) in [5.74, 6) is 0.374. The van der Waals surface area contributed by atoms with Crippen LogP contribution in [0, 0.1) is 10.1 Å². The van der Waals surface area contributed by atoms with E-state index in [0.717, 1.165) is 47.2 Å². The normalized spacial score (nSPS) is 16.1. The molecular weight excluding hydrogens is 438 g/mol. The molecule has 3 heterocycles. The van der Waals surface area contributed by atoms with Crippen LogP contribution in [0.15, 0.2) is 53.3 Å². The van der Waals surface area contributed by atoms with Crippen molar-refractivity contribution in [3.05, 3.63) is 102 Å². The van der Waals surface area contributed by atoms with E-state index in [-0.39, 0.29) is 17.0 Å². The van der Waals surface area contributed by atoms with E-state index >= 15 is 0 Å². The van der Waals surface area contributed by atoms with Gasteiger partial charge in [-0.05, 0) is 54.5 Å². The molecule has 164 valence electrons. The van der Waals surface area contributed by atoms with Gasteiger partial charge in [-0.25, -0.2) is 0 Å². The maximum absolute atomic E-state index is 13.2. The van der Waals surface area contributed by atoms with Crippen molar-refractivity contribution in [1.29, 1.82) is 0 Å². The van der Waals surface area contributed by atoms with E-state index in [2.05, 4.69) is 4.98 Å². The third-order valence-corrected chi connectivity index (χ3v) is 7.82. The summed E-state index contributed by atoms with van der Waals surface area (Å²) in [6.45, 7) is 0.561. The molecule has 0 fully saturated rings. The fourth-order valence-electron chi connectivity index (χ4n) is 4.92. The smallest absolute Gasteiger partial charge is 0.282 e. The van der Waals surface area contributed by atoms with E-state index in [1.54, 1.807) is 11.3 Å². The van der Waals surface area contributed by atoms with Crippen LogP contribution in [-0.2, 0) is 19.4 Å². The van der Waals surface area contributed by atoms with Gasteiger partial charge in [0.1, 0.15) is 16.4 Å². The fraction of sp³-hybridized carbons (Fsp3) is 0.200. The number of nitro benzene ring substituents is 1. The van der Waals surface area contributed by atoms with Gasteiger partial charge in [-0.3, -0.25) is 14.9 Å². The number of aromatic nitrogens is 2. The molecule has 1 N–H and O–H groups in total. The molecular formula is C25H19N3O4S. The lowest BCUT2D eigenvalue weighted by Gasteiger charge is -2.25. The number of rotatable bonds is 2. The summed E-state index contributed by atoms with van der Waals surface area (Å²) in [5.41, 5.74) is 3.55. The molecule has 2 aliphatic rings. The molecule has 0 radical (unpaired) electrons. The number of aliphatic hydroxyl groups excluding tert-OH is 1. The summed E-state index contributed by atoms with van der Waals surface area (Å²) in [4.78, 5) is 30.4. The van der Waals surface area contributed by atoms with Gasteiger partial charge < -0.3 is 9.67 Å². The molecule has 7 nitrogen and oxygen atoms in total. The third-order valence-electron chi connectivity index (χ3n) is 6.50. The maximum atomic E-state index is 13.2. The Labute approximate surface area is 192 Å². The second-order valence-corrected chi connectivity index (χ2v) is 9.49. The molecule has 0 unspecified atom stereocenters. The summed E-state index contributed by atoms with van der Waals surface area (Å²) in [7, 11) is 0. The highest BCUT2D eigenvalue weighted by Gasteiger charge is 2.29. The number of hydrogen-bond donors (Lipinski definition) is 1. The molecule has 4 aromatic rings. The van der Waals surface area contributed by atoms with Gasteiger partial charge in [0.05, 0.1) is 22.4 Å². The predicted molar refractivity (Wildman–Crippen MR) is 128 cm³/mol. The molecule has 0 bridgehead atoms. The van der Waals surface area contributed by atoms with Crippen LogP contribution < -0.4 is 5.56 Å². The molecule has 2 aromatic heterocycles. The molecule has 8 heteroatoms. The highest BCUT2D eigenvalue weighted by molar-refractivity contribution is 7.18. The van der Waals surface area contributed by atoms with E-state index in [0.29, 0.717) is 28.9 Å². The number of fused-ring (bicyclic) bond motifs is 6. The Hall–Kier alpha value is -3.78. The first-order valence-electron chi connectivity index (χ1n) is 10.8. The van der Waals surface area contributed by atoms with Crippen LogP contribution in [0.3, 0.4) is 0 Å². The number of aryl methyl sites for hydroxylation is 2. The quantitative estimate of drug-likeness (QED) is 0.226. The van der Waals surface area contributed by atoms with Gasteiger partial charge in [0, 0.05) is 22.6 Å². The molecule has 1 aliphatic carbocycles. The minimum absolute atomic E-state index is 0.0544. The zero-order chi connectivity index (χ0) is 22.7. The van der Waals surface area contributed by atoms with Crippen LogP contribution >= 0.6 is 11.3 Å². The third kappa shape index (κ3) is 3.01. The lowest BCUT2D eigenvalue weighted by atomic mass is 9.92. The second-order valence-electron chi connectivity index (χ2n) is 8.40. The van der Waals surface area contributed by atoms with E-state index in [1.165, 1.54) is 29.1 Å². The monoisotopic (exact) mass is 457 g/mol. The molecule has 0 amide bonds. The zero-order valence-corrected chi connectivity index (χ0v) is 18.4. The van der Waals surface area contributed by atoms with Crippen LogP contribution in [0.1, 0.15) is 45.8 Å². The van der Waals surface area contributed by atoms with Gasteiger partial charge in [0.15, 0.2) is 0 Å². The maximum Gasteiger partial charge on any atom is 0.282 e. The van der Waals surface area contributed by atoms with Gasteiger partial charge in [0.25, 0.3) is 11.2 Å². The van der Waals surface area contributed by atoms with E-state index in [1.807, 2.05) is 28.8 Å². The molecule has 0 saturated heterocycles. The number of hydrogen-bond acceptors (Lipinski definition) is 6. The Morgan fingerprint density at radius 2 is 1.85 bits per heavy atom. The van der Waals surface area contributed by atoms with Gasteiger partial charge >= 0.3 is 0 Å². The van der Waals surface area contributed by atoms with Gasteiger partial charge in [-0.15, -0.1) is 11.3 Å². The van der Waals surface area contributed by atoms with Crippen LogP contribution in [-0.4, -0.2) is 19.6 Å². The summed E-state index contributed by atoms with van der Waals surface area (Å²) < 4.78 is 2.04. The van der Waals surface area contributed by atoms with Crippen molar-refractivity contribution in [3.63, 3.8) is 0 Å². The number of thiophene rings is 1. The van der Waals surface area contributed by atoms with Crippen molar-refractivity contribution in [2.75, 3.05) is 0 Å². The first-order valence-corrected chi connectivity index (χ1v) is 11.7. The average Bonchev–Trinajstić information content (AvgIpc) is 3.23. The molecule has 2 aromatic carbocycles. The number of benzene rings is 2. The zero-order valence-electron chi connectivity index (χ0n) is 17.6. The largest absolute Gasteiger partial charge is 0.507 e. The summed E-state index contributed by atoms with van der Waals surface area (Å²) >= 11 is 1.66. The number of aliphatic hydroxyl groups is 1. The highest BCUT2D eigenvalue weighted by Crippen LogP contribution is 2.41. The van der Waals surface area contributed by atoms with Crippen LogP contribution in [0.2, 0.25) is 0 Å². The molecule has 6 rings (SSSR count). The topological polar surface area (TPSA) is 98.3 Å². The number of nitro groups is 1. The lowest BCUT2D eigenvalue weighted by Crippen LogP contribution is -2.23. The van der Waals surface area contributed by atoms with Crippen LogP contribution in [0.5, 0.6) is 0 Å². The Morgan fingerprint density at radius 3 is 2.64 bits per heavy atom. The summed E-state index contributed by atoms with van der Waals surface area (Å²) in [6.07, 6.45) is 4.09. The van der Waals surface area contributed by atoms with E-state index in [9.17, 15) is 20.0 Å².